The number of nitrogens with one attached hydrogen (secondary N) is 1. The van der Waals surface area contributed by atoms with Gasteiger partial charge in [-0.05, 0) is 55.6 Å². The minimum Gasteiger partial charge on any atom is -0.468 e. The molecule has 0 atom stereocenters. The maximum absolute atomic E-state index is 11.9. The fourth-order valence-corrected chi connectivity index (χ4v) is 3.01. The fourth-order valence-electron chi connectivity index (χ4n) is 3.01. The molecule has 1 saturated heterocycles. The average Bonchev–Trinajstić information content (AvgIpc) is 3.13. The number of nitrogens with zero attached hydrogens (tertiary/aromatic N) is 1. The molecule has 1 amide bonds. The number of piperidine rings is 1. The molecular weight excluding hydrogens is 300 g/mol. The van der Waals surface area contributed by atoms with Crippen LogP contribution in [0.2, 0.25) is 0 Å². The molecule has 1 aliphatic heterocycles. The van der Waals surface area contributed by atoms with Gasteiger partial charge in [0.25, 0.3) is 0 Å². The molecule has 2 aromatic rings. The number of hydrogen-bond acceptors (Lipinski definition) is 3. The highest BCUT2D eigenvalue weighted by molar-refractivity contribution is 5.91. The maximum Gasteiger partial charge on any atom is 0.244 e. The van der Waals surface area contributed by atoms with E-state index in [2.05, 4.69) is 10.2 Å². The molecule has 1 aromatic carbocycles. The van der Waals surface area contributed by atoms with E-state index in [1.165, 1.54) is 0 Å². The zero-order valence-corrected chi connectivity index (χ0v) is 13.9. The van der Waals surface area contributed by atoms with Crippen molar-refractivity contribution in [3.8, 4) is 0 Å². The van der Waals surface area contributed by atoms with Crippen LogP contribution in [-0.2, 0) is 11.3 Å². The smallest absolute Gasteiger partial charge is 0.244 e. The molecule has 0 radical (unpaired) electrons. The first-order valence-electron chi connectivity index (χ1n) is 8.55. The SMILES string of the molecule is O=C(C=Cc1ccccc1)NCC1CCN(Cc2ccco2)CC1. The average molecular weight is 324 g/mol. The first-order valence-corrected chi connectivity index (χ1v) is 8.55. The molecule has 0 unspecified atom stereocenters. The van der Waals surface area contributed by atoms with Crippen LogP contribution in [0.15, 0.2) is 59.2 Å². The van der Waals surface area contributed by atoms with Crippen LogP contribution in [0.1, 0.15) is 24.2 Å². The van der Waals surface area contributed by atoms with Gasteiger partial charge in [0, 0.05) is 12.6 Å². The van der Waals surface area contributed by atoms with Gasteiger partial charge in [0.05, 0.1) is 12.8 Å². The molecule has 1 N–H and O–H groups in total. The molecule has 0 aliphatic carbocycles. The van der Waals surface area contributed by atoms with E-state index < -0.39 is 0 Å². The Morgan fingerprint density at radius 2 is 1.96 bits per heavy atom. The van der Waals surface area contributed by atoms with Gasteiger partial charge >= 0.3 is 0 Å². The molecule has 1 aromatic heterocycles. The third-order valence-corrected chi connectivity index (χ3v) is 4.46. The lowest BCUT2D eigenvalue weighted by Crippen LogP contribution is -2.37. The summed E-state index contributed by atoms with van der Waals surface area (Å²) in [7, 11) is 0. The number of amides is 1. The van der Waals surface area contributed by atoms with E-state index in [4.69, 9.17) is 4.42 Å². The molecule has 0 spiro atoms. The second-order valence-corrected chi connectivity index (χ2v) is 6.29. The van der Waals surface area contributed by atoms with E-state index >= 15 is 0 Å². The highest BCUT2D eigenvalue weighted by atomic mass is 16.3. The summed E-state index contributed by atoms with van der Waals surface area (Å²) >= 11 is 0. The van der Waals surface area contributed by atoms with Crippen LogP contribution in [0.25, 0.3) is 6.08 Å². The second kappa shape index (κ2) is 8.50. The van der Waals surface area contributed by atoms with Crippen molar-refractivity contribution < 1.29 is 9.21 Å². The zero-order chi connectivity index (χ0) is 16.6. The van der Waals surface area contributed by atoms with Crippen molar-refractivity contribution in [2.24, 2.45) is 5.92 Å². The van der Waals surface area contributed by atoms with Gasteiger partial charge in [-0.2, -0.15) is 0 Å². The number of carbonyl (C=O) groups excluding carboxylic acids is 1. The van der Waals surface area contributed by atoms with Gasteiger partial charge in [-0.15, -0.1) is 0 Å². The third kappa shape index (κ3) is 5.10. The lowest BCUT2D eigenvalue weighted by atomic mass is 9.96. The quantitative estimate of drug-likeness (QED) is 0.829. The summed E-state index contributed by atoms with van der Waals surface area (Å²) < 4.78 is 5.40. The molecule has 4 heteroatoms. The highest BCUT2D eigenvalue weighted by Gasteiger charge is 2.20. The Morgan fingerprint density at radius 1 is 1.17 bits per heavy atom. The van der Waals surface area contributed by atoms with E-state index in [0.29, 0.717) is 5.92 Å². The van der Waals surface area contributed by atoms with Crippen LogP contribution in [0.3, 0.4) is 0 Å². The Bertz CT molecular complexity index is 642. The molecule has 0 saturated carbocycles. The van der Waals surface area contributed by atoms with E-state index in [1.54, 1.807) is 12.3 Å². The molecular formula is C20H24N2O2. The maximum atomic E-state index is 11.9. The predicted octanol–water partition coefficient (Wildman–Crippen LogP) is 3.32. The Labute approximate surface area is 143 Å². The minimum atomic E-state index is -0.0168. The van der Waals surface area contributed by atoms with Crippen LogP contribution in [0.5, 0.6) is 0 Å². The molecule has 4 nitrogen and oxygen atoms in total. The highest BCUT2D eigenvalue weighted by Crippen LogP contribution is 2.18. The van der Waals surface area contributed by atoms with Crippen molar-refractivity contribution in [3.63, 3.8) is 0 Å². The number of benzene rings is 1. The largest absolute Gasteiger partial charge is 0.468 e. The molecule has 3 rings (SSSR count). The first-order chi connectivity index (χ1) is 11.8. The van der Waals surface area contributed by atoms with Crippen molar-refractivity contribution in [1.82, 2.24) is 10.2 Å². The number of hydrogen-bond donors (Lipinski definition) is 1. The van der Waals surface area contributed by atoms with Crippen LogP contribution < -0.4 is 5.32 Å². The number of carbonyl (C=O) groups is 1. The molecule has 1 fully saturated rings. The summed E-state index contributed by atoms with van der Waals surface area (Å²) in [6.45, 7) is 3.75. The van der Waals surface area contributed by atoms with Gasteiger partial charge in [0.1, 0.15) is 5.76 Å². The van der Waals surface area contributed by atoms with E-state index in [9.17, 15) is 4.79 Å². The van der Waals surface area contributed by atoms with Gasteiger partial charge in [-0.3, -0.25) is 9.69 Å². The van der Waals surface area contributed by atoms with Gasteiger partial charge in [0.15, 0.2) is 0 Å². The number of rotatable bonds is 6. The van der Waals surface area contributed by atoms with Gasteiger partial charge in [-0.25, -0.2) is 0 Å². The summed E-state index contributed by atoms with van der Waals surface area (Å²) in [5, 5.41) is 3.02. The summed E-state index contributed by atoms with van der Waals surface area (Å²) in [6.07, 6.45) is 7.41. The fraction of sp³-hybridized carbons (Fsp3) is 0.350. The summed E-state index contributed by atoms with van der Waals surface area (Å²) in [5.41, 5.74) is 1.04. The number of likely N-dealkylation sites (tertiary alicyclic amines) is 1. The Balaban J connectivity index is 1.35. The minimum absolute atomic E-state index is 0.0168. The van der Waals surface area contributed by atoms with Crippen molar-refractivity contribution in [2.45, 2.75) is 19.4 Å². The first kappa shape index (κ1) is 16.5. The van der Waals surface area contributed by atoms with Gasteiger partial charge < -0.3 is 9.73 Å². The van der Waals surface area contributed by atoms with E-state index in [-0.39, 0.29) is 5.91 Å². The standard InChI is InChI=1S/C20H24N2O2/c23-20(9-8-17-5-2-1-3-6-17)21-15-18-10-12-22(13-11-18)16-19-7-4-14-24-19/h1-9,14,18H,10-13,15-16H2,(H,21,23). The van der Waals surface area contributed by atoms with E-state index in [0.717, 1.165) is 50.3 Å². The predicted molar refractivity (Wildman–Crippen MR) is 95.2 cm³/mol. The second-order valence-electron chi connectivity index (χ2n) is 6.29. The Hall–Kier alpha value is -2.33. The molecule has 24 heavy (non-hydrogen) atoms. The lowest BCUT2D eigenvalue weighted by Gasteiger charge is -2.31. The Morgan fingerprint density at radius 3 is 2.67 bits per heavy atom. The number of furan rings is 1. The lowest BCUT2D eigenvalue weighted by molar-refractivity contribution is -0.116. The van der Waals surface area contributed by atoms with Gasteiger partial charge in [-0.1, -0.05) is 30.3 Å². The van der Waals surface area contributed by atoms with Crippen molar-refractivity contribution >= 4 is 12.0 Å². The Kier molecular flexibility index (Phi) is 5.85. The van der Waals surface area contributed by atoms with Crippen LogP contribution in [0, 0.1) is 5.92 Å². The molecule has 0 bridgehead atoms. The van der Waals surface area contributed by atoms with Crippen molar-refractivity contribution in [1.29, 1.82) is 0 Å². The van der Waals surface area contributed by atoms with Crippen molar-refractivity contribution in [3.05, 3.63) is 66.1 Å². The van der Waals surface area contributed by atoms with Gasteiger partial charge in [0.2, 0.25) is 5.91 Å². The van der Waals surface area contributed by atoms with Crippen LogP contribution in [-0.4, -0.2) is 30.4 Å². The van der Waals surface area contributed by atoms with Crippen LogP contribution in [0.4, 0.5) is 0 Å². The third-order valence-electron chi connectivity index (χ3n) is 4.46. The van der Waals surface area contributed by atoms with Crippen LogP contribution >= 0.6 is 0 Å². The molecule has 1 aliphatic rings. The summed E-state index contributed by atoms with van der Waals surface area (Å²) in [5.74, 6) is 1.57. The monoisotopic (exact) mass is 324 g/mol. The zero-order valence-electron chi connectivity index (χ0n) is 13.9. The molecule has 2 heterocycles. The molecule has 126 valence electrons. The normalized spacial score (nSPS) is 16.5. The summed E-state index contributed by atoms with van der Waals surface area (Å²) in [4.78, 5) is 14.3. The van der Waals surface area contributed by atoms with Crippen molar-refractivity contribution in [2.75, 3.05) is 19.6 Å². The topological polar surface area (TPSA) is 45.5 Å². The summed E-state index contributed by atoms with van der Waals surface area (Å²) in [6, 6.07) is 13.8. The van der Waals surface area contributed by atoms with E-state index in [1.807, 2.05) is 48.5 Å².